The molecule has 75 heavy (non-hydrogen) atoms. The predicted molar refractivity (Wildman–Crippen MR) is 278 cm³/mol. The van der Waals surface area contributed by atoms with Gasteiger partial charge >= 0.3 is 17.9 Å². The number of carboxylic acids is 3. The van der Waals surface area contributed by atoms with E-state index >= 15 is 4.39 Å². The molecule has 0 fully saturated rings. The zero-order chi connectivity index (χ0) is 55.3. The Morgan fingerprint density at radius 3 is 2.04 bits per heavy atom. The number of benzene rings is 2. The van der Waals surface area contributed by atoms with Crippen LogP contribution in [-0.2, 0) is 59.1 Å². The van der Waals surface area contributed by atoms with E-state index in [4.69, 9.17) is 40.6 Å². The van der Waals surface area contributed by atoms with Crippen LogP contribution in [0.25, 0.3) is 11.1 Å². The van der Waals surface area contributed by atoms with E-state index in [0.717, 1.165) is 47.3 Å². The average molecular weight is 1100 g/mol. The number of nitrogens with two attached hydrogens (primary N) is 2. The van der Waals surface area contributed by atoms with Gasteiger partial charge in [-0.25, -0.2) is 13.6 Å². The van der Waals surface area contributed by atoms with Gasteiger partial charge in [-0.05, 0) is 48.2 Å². The van der Waals surface area contributed by atoms with Crippen molar-refractivity contribution in [2.75, 3.05) is 96.3 Å². The van der Waals surface area contributed by atoms with Crippen molar-refractivity contribution in [1.29, 1.82) is 0 Å². The number of carbonyl (C=O) groups excluding carboxylic acids is 4. The Labute approximate surface area is 443 Å². The lowest BCUT2D eigenvalue weighted by Gasteiger charge is -2.41. The number of aliphatic carboxylic acids is 3. The second kappa shape index (κ2) is 34.1. The van der Waals surface area contributed by atoms with Crippen molar-refractivity contribution in [3.05, 3.63) is 83.7 Å². The summed E-state index contributed by atoms with van der Waals surface area (Å²) in [7, 11) is 0. The first-order chi connectivity index (χ1) is 35.7. The Bertz CT molecular complexity index is 2290. The number of halogens is 2. The van der Waals surface area contributed by atoms with Crippen molar-refractivity contribution in [3.63, 3.8) is 0 Å². The van der Waals surface area contributed by atoms with Gasteiger partial charge in [0.15, 0.2) is 0 Å². The third-order valence-corrected chi connectivity index (χ3v) is 13.2. The summed E-state index contributed by atoms with van der Waals surface area (Å²) in [5, 5.41) is 34.1. The molecule has 4 amide bonds. The van der Waals surface area contributed by atoms with Gasteiger partial charge in [0.1, 0.15) is 23.7 Å². The molecule has 2 aromatic carbocycles. The van der Waals surface area contributed by atoms with E-state index < -0.39 is 89.0 Å². The fraction of sp³-hybridized carbons (Fsp3) is 0.540. The first-order valence-corrected chi connectivity index (χ1v) is 26.4. The van der Waals surface area contributed by atoms with Crippen LogP contribution in [0.2, 0.25) is 0 Å². The highest BCUT2D eigenvalue weighted by Crippen LogP contribution is 2.41. The maximum Gasteiger partial charge on any atom is 0.327 e. The first kappa shape index (κ1) is 63.6. The van der Waals surface area contributed by atoms with Crippen LogP contribution in [0.1, 0.15) is 57.3 Å². The number of carbonyl (C=O) groups is 7. The molecule has 0 saturated heterocycles. The summed E-state index contributed by atoms with van der Waals surface area (Å²) in [6.45, 7) is 8.03. The fourth-order valence-electron chi connectivity index (χ4n) is 7.27. The number of thioether (sulfide) groups is 2. The monoisotopic (exact) mass is 1100 g/mol. The van der Waals surface area contributed by atoms with Crippen molar-refractivity contribution < 1.29 is 76.6 Å². The Kier molecular flexibility index (Phi) is 28.9. The van der Waals surface area contributed by atoms with Gasteiger partial charge < -0.3 is 71.2 Å². The Balaban J connectivity index is 1.36. The minimum absolute atomic E-state index is 0.00185. The summed E-state index contributed by atoms with van der Waals surface area (Å²) in [4.78, 5) is 87.3. The molecular weight excluding hydrogens is 1020 g/mol. The number of carboxylic acid groups (broad SMARTS) is 3. The van der Waals surface area contributed by atoms with Gasteiger partial charge in [-0.3, -0.25) is 28.8 Å². The van der Waals surface area contributed by atoms with Gasteiger partial charge in [0, 0.05) is 60.6 Å². The third kappa shape index (κ3) is 24.3. The number of amides is 4. The largest absolute Gasteiger partial charge is 0.481 e. The van der Waals surface area contributed by atoms with Crippen LogP contribution in [0.15, 0.2) is 60.8 Å². The molecule has 3 rings (SSSR count). The number of aromatic nitrogens is 1. The SMILES string of the molecule is CC(C)(C)[C@H](c1cc(-c2cc(F)ccc2F)cn1Cc1ccccc1)N(CCCN)C(=O)CSCC(NC(=O)CCOCCOCCOCCOCCNC(=O)CNC(=O)C(CC(=O)O)SC[C@H](N)C(=O)O)C(=O)O. The molecule has 3 aromatic rings. The van der Waals surface area contributed by atoms with Crippen molar-refractivity contribution in [2.24, 2.45) is 16.9 Å². The number of nitrogens with one attached hydrogen (secondary N) is 3. The Hall–Kier alpha value is -5.67. The molecule has 25 heteroatoms. The molecule has 0 saturated carbocycles. The Morgan fingerprint density at radius 2 is 1.44 bits per heavy atom. The highest BCUT2D eigenvalue weighted by molar-refractivity contribution is 8.00. The summed E-state index contributed by atoms with van der Waals surface area (Å²) >= 11 is 1.83. The zero-order valence-electron chi connectivity index (χ0n) is 42.5. The lowest BCUT2D eigenvalue weighted by molar-refractivity contribution is -0.141. The molecule has 1 heterocycles. The van der Waals surface area contributed by atoms with Gasteiger partial charge in [0.05, 0.1) is 82.9 Å². The Morgan fingerprint density at radius 1 is 0.800 bits per heavy atom. The van der Waals surface area contributed by atoms with Crippen molar-refractivity contribution in [3.8, 4) is 11.1 Å². The highest BCUT2D eigenvalue weighted by atomic mass is 32.2. The molecule has 0 aliphatic rings. The summed E-state index contributed by atoms with van der Waals surface area (Å²) in [6.07, 6.45) is 1.52. The molecule has 0 aliphatic heterocycles. The molecule has 0 spiro atoms. The first-order valence-electron chi connectivity index (χ1n) is 24.2. The van der Waals surface area contributed by atoms with E-state index in [0.29, 0.717) is 30.8 Å². The normalized spacial score (nSPS) is 13.1. The lowest BCUT2D eigenvalue weighted by Crippen LogP contribution is -2.45. The number of ether oxygens (including phenoxy) is 4. The van der Waals surface area contributed by atoms with Crippen LogP contribution in [0.4, 0.5) is 8.78 Å². The molecule has 10 N–H and O–H groups in total. The van der Waals surface area contributed by atoms with E-state index in [9.17, 15) is 43.1 Å². The maximum atomic E-state index is 15.2. The minimum Gasteiger partial charge on any atom is -0.481 e. The highest BCUT2D eigenvalue weighted by Gasteiger charge is 2.37. The number of nitrogens with zero attached hydrogens (tertiary/aromatic N) is 2. The molecule has 416 valence electrons. The van der Waals surface area contributed by atoms with Gasteiger partial charge in [-0.1, -0.05) is 51.1 Å². The minimum atomic E-state index is -1.29. The average Bonchev–Trinajstić information content (AvgIpc) is 3.76. The topological polar surface area (TPSA) is 313 Å². The van der Waals surface area contributed by atoms with E-state index in [1.165, 1.54) is 0 Å². The van der Waals surface area contributed by atoms with Crippen molar-refractivity contribution >= 4 is 65.1 Å². The quantitative estimate of drug-likeness (QED) is 0.0383. The van der Waals surface area contributed by atoms with Crippen molar-refractivity contribution in [2.45, 2.75) is 70.0 Å². The van der Waals surface area contributed by atoms with Crippen LogP contribution >= 0.6 is 23.5 Å². The van der Waals surface area contributed by atoms with Crippen molar-refractivity contribution in [1.82, 2.24) is 25.4 Å². The fourth-order valence-corrected chi connectivity index (χ4v) is 9.27. The molecular formula is C50H71F2N7O14S2. The molecule has 21 nitrogen and oxygen atoms in total. The second-order valence-corrected chi connectivity index (χ2v) is 20.3. The standard InChI is InChI=1S/C50H71F2N7O14S2/c1-50(2,3)46(40-24-34(36-25-35(51)10-11-37(36)52)29-58(40)28-33-8-5-4-6-9-33)59(15-7-13-53)44(62)32-74-31-39(49(68)69)57-42(60)12-16-70-18-20-72-22-23-73-21-19-71-17-14-55-43(61)27-56-47(65)41(26-45(63)64)75-30-38(54)48(66)67/h4-6,8-11,24-25,29,38-39,41,46H,7,12-23,26-28,30-32,53-54H2,1-3H3,(H,55,61)(H,56,65)(H,57,60)(H,63,64)(H,66,67)(H,68,69)/t38-,39?,41?,46-/m0/s1. The van der Waals surface area contributed by atoms with Gasteiger partial charge in [-0.15, -0.1) is 23.5 Å². The van der Waals surface area contributed by atoms with E-state index in [1.54, 1.807) is 17.2 Å². The third-order valence-electron chi connectivity index (χ3n) is 10.9. The number of hydrogen-bond donors (Lipinski definition) is 8. The molecule has 0 bridgehead atoms. The number of hydrogen-bond acceptors (Lipinski definition) is 15. The zero-order valence-corrected chi connectivity index (χ0v) is 44.1. The lowest BCUT2D eigenvalue weighted by atomic mass is 9.83. The molecule has 0 radical (unpaired) electrons. The smallest absolute Gasteiger partial charge is 0.327 e. The van der Waals surface area contributed by atoms with E-state index in [-0.39, 0.29) is 101 Å². The second-order valence-electron chi connectivity index (χ2n) is 18.0. The van der Waals surface area contributed by atoms with Gasteiger partial charge in [0.25, 0.3) is 0 Å². The van der Waals surface area contributed by atoms with Crippen LogP contribution in [0.3, 0.4) is 0 Å². The predicted octanol–water partition coefficient (Wildman–Crippen LogP) is 2.73. The van der Waals surface area contributed by atoms with Gasteiger partial charge in [0.2, 0.25) is 23.6 Å². The van der Waals surface area contributed by atoms with Crippen LogP contribution in [-0.4, -0.2) is 180 Å². The summed E-state index contributed by atoms with van der Waals surface area (Å²) < 4.78 is 53.3. The van der Waals surface area contributed by atoms with Crippen LogP contribution < -0.4 is 27.4 Å². The summed E-state index contributed by atoms with van der Waals surface area (Å²) in [5.74, 6) is -7.57. The summed E-state index contributed by atoms with van der Waals surface area (Å²) in [6, 6.07) is 11.5. The summed E-state index contributed by atoms with van der Waals surface area (Å²) in [5.41, 5.74) is 12.9. The number of rotatable bonds is 38. The van der Waals surface area contributed by atoms with Gasteiger partial charge in [-0.2, -0.15) is 0 Å². The maximum absolute atomic E-state index is 15.2. The van der Waals surface area contributed by atoms with Crippen LogP contribution in [0, 0.1) is 17.0 Å². The molecule has 1 aromatic heterocycles. The molecule has 2 unspecified atom stereocenters. The van der Waals surface area contributed by atoms with Crippen LogP contribution in [0.5, 0.6) is 0 Å². The van der Waals surface area contributed by atoms with E-state index in [2.05, 4.69) is 16.0 Å². The van der Waals surface area contributed by atoms with E-state index in [1.807, 2.05) is 55.7 Å². The molecule has 4 atom stereocenters. The molecule has 0 aliphatic carbocycles.